The lowest BCUT2D eigenvalue weighted by Gasteiger charge is -2.24. The molecule has 2 N–H and O–H groups in total. The predicted octanol–water partition coefficient (Wildman–Crippen LogP) is 10.5. The van der Waals surface area contributed by atoms with Crippen molar-refractivity contribution in [2.75, 3.05) is 19.7 Å². The van der Waals surface area contributed by atoms with E-state index in [0.29, 0.717) is 19.5 Å². The van der Waals surface area contributed by atoms with Crippen molar-refractivity contribution in [2.45, 2.75) is 206 Å². The molecule has 0 saturated carbocycles. The molecule has 40 heavy (non-hydrogen) atoms. The smallest absolute Gasteiger partial charge is 0.251 e. The second-order valence-electron chi connectivity index (χ2n) is 12.5. The van der Waals surface area contributed by atoms with E-state index in [1.54, 1.807) is 4.90 Å². The molecular weight excluding hydrogens is 494 g/mol. The second kappa shape index (κ2) is 32.9. The van der Waals surface area contributed by atoms with Crippen LogP contribution in [0.15, 0.2) is 0 Å². The normalized spacial score (nSPS) is 12.2. The molecule has 1 unspecified atom stereocenters. The van der Waals surface area contributed by atoms with Crippen LogP contribution in [0.2, 0.25) is 0 Å². The first kappa shape index (κ1) is 39.4. The Bertz CT molecular complexity index is 498. The number of aliphatic hydroxyl groups is 2. The Labute approximate surface area is 251 Å². The fraction of sp³-hybridized carbons (Fsp3) is 0.972. The summed E-state index contributed by atoms with van der Waals surface area (Å²) < 4.78 is 0. The van der Waals surface area contributed by atoms with Gasteiger partial charge in [0.2, 0.25) is 0 Å². The highest BCUT2D eigenvalue weighted by atomic mass is 16.3. The van der Waals surface area contributed by atoms with E-state index >= 15 is 0 Å². The maximum Gasteiger partial charge on any atom is 0.251 e. The van der Waals surface area contributed by atoms with E-state index in [-0.39, 0.29) is 12.5 Å². The molecule has 4 nitrogen and oxygen atoms in total. The van der Waals surface area contributed by atoms with Crippen LogP contribution in [0.4, 0.5) is 0 Å². The zero-order valence-electron chi connectivity index (χ0n) is 27.5. The molecule has 1 atom stereocenters. The average molecular weight is 568 g/mol. The molecule has 0 aliphatic carbocycles. The van der Waals surface area contributed by atoms with E-state index in [4.69, 9.17) is 0 Å². The lowest BCUT2D eigenvalue weighted by Crippen LogP contribution is -2.41. The zero-order valence-corrected chi connectivity index (χ0v) is 27.5. The van der Waals surface area contributed by atoms with Crippen LogP contribution in [-0.2, 0) is 4.79 Å². The van der Waals surface area contributed by atoms with Gasteiger partial charge in [0.15, 0.2) is 0 Å². The summed E-state index contributed by atoms with van der Waals surface area (Å²) >= 11 is 0. The van der Waals surface area contributed by atoms with Gasteiger partial charge in [-0.15, -0.1) is 0 Å². The highest BCUT2D eigenvalue weighted by molar-refractivity contribution is 5.80. The molecule has 0 radical (unpaired) electrons. The van der Waals surface area contributed by atoms with Crippen molar-refractivity contribution < 1.29 is 15.0 Å². The van der Waals surface area contributed by atoms with Crippen molar-refractivity contribution in [3.05, 3.63) is 0 Å². The molecule has 0 aliphatic rings. The van der Waals surface area contributed by atoms with Crippen molar-refractivity contribution in [3.8, 4) is 0 Å². The van der Waals surface area contributed by atoms with Crippen LogP contribution in [0.5, 0.6) is 0 Å². The Morgan fingerprint density at radius 2 is 0.775 bits per heavy atom. The fourth-order valence-corrected chi connectivity index (χ4v) is 5.82. The standard InChI is InChI=1S/C36H73NO3/c1-3-5-7-9-11-13-15-17-18-19-20-22-24-26-28-30-32-37(33-34-38)36(40)35(39)31-29-27-25-23-21-16-14-12-10-8-6-4-2/h35,38-39H,3-34H2,1-2H3. The summed E-state index contributed by atoms with van der Waals surface area (Å²) in [5.74, 6) is -0.182. The molecule has 0 aliphatic heterocycles. The van der Waals surface area contributed by atoms with E-state index in [0.717, 1.165) is 25.7 Å². The van der Waals surface area contributed by atoms with Crippen LogP contribution in [0.25, 0.3) is 0 Å². The van der Waals surface area contributed by atoms with Gasteiger partial charge in [0.1, 0.15) is 6.10 Å². The number of amides is 1. The van der Waals surface area contributed by atoms with Gasteiger partial charge in [-0.25, -0.2) is 0 Å². The Balaban J connectivity index is 3.64. The van der Waals surface area contributed by atoms with Crippen molar-refractivity contribution in [1.82, 2.24) is 4.90 Å². The van der Waals surface area contributed by atoms with Crippen LogP contribution >= 0.6 is 0 Å². The Kier molecular flexibility index (Phi) is 32.4. The first-order chi connectivity index (χ1) is 19.7. The summed E-state index contributed by atoms with van der Waals surface area (Å²) in [5, 5.41) is 19.9. The van der Waals surface area contributed by atoms with Crippen molar-refractivity contribution >= 4 is 5.91 Å². The van der Waals surface area contributed by atoms with E-state index in [2.05, 4.69) is 13.8 Å². The molecule has 0 bridgehead atoms. The average Bonchev–Trinajstić information content (AvgIpc) is 2.96. The van der Waals surface area contributed by atoms with Gasteiger partial charge >= 0.3 is 0 Å². The number of rotatable bonds is 33. The molecule has 0 saturated heterocycles. The third kappa shape index (κ3) is 27.6. The van der Waals surface area contributed by atoms with Crippen LogP contribution in [0.1, 0.15) is 200 Å². The number of carbonyl (C=O) groups excluding carboxylic acids is 1. The monoisotopic (exact) mass is 568 g/mol. The summed E-state index contributed by atoms with van der Waals surface area (Å²) in [6, 6.07) is 0. The minimum atomic E-state index is -0.907. The predicted molar refractivity (Wildman–Crippen MR) is 175 cm³/mol. The van der Waals surface area contributed by atoms with Crippen molar-refractivity contribution in [3.63, 3.8) is 0 Å². The molecule has 0 aromatic rings. The SMILES string of the molecule is CCCCCCCCCCCCCCCCCCN(CCO)C(=O)C(O)CCCCCCCCCCCCCC. The highest BCUT2D eigenvalue weighted by Crippen LogP contribution is 2.16. The second-order valence-corrected chi connectivity index (χ2v) is 12.5. The molecule has 240 valence electrons. The van der Waals surface area contributed by atoms with E-state index in [1.165, 1.54) is 154 Å². The topological polar surface area (TPSA) is 60.8 Å². The Morgan fingerprint density at radius 3 is 1.10 bits per heavy atom. The van der Waals surface area contributed by atoms with Gasteiger partial charge in [-0.2, -0.15) is 0 Å². The first-order valence-corrected chi connectivity index (χ1v) is 18.2. The van der Waals surface area contributed by atoms with Crippen LogP contribution in [0.3, 0.4) is 0 Å². The molecule has 0 rings (SSSR count). The number of unbranched alkanes of at least 4 members (excludes halogenated alkanes) is 26. The summed E-state index contributed by atoms with van der Waals surface area (Å²) in [6.07, 6.45) is 36.4. The van der Waals surface area contributed by atoms with Crippen LogP contribution in [-0.4, -0.2) is 46.8 Å². The largest absolute Gasteiger partial charge is 0.395 e. The lowest BCUT2D eigenvalue weighted by atomic mass is 10.0. The molecule has 0 aromatic carbocycles. The molecule has 1 amide bonds. The summed E-state index contributed by atoms with van der Waals surface area (Å²) in [4.78, 5) is 14.4. The zero-order chi connectivity index (χ0) is 29.4. The van der Waals surface area contributed by atoms with Gasteiger partial charge in [0.25, 0.3) is 5.91 Å². The van der Waals surface area contributed by atoms with Crippen LogP contribution < -0.4 is 0 Å². The summed E-state index contributed by atoms with van der Waals surface area (Å²) in [7, 11) is 0. The quantitative estimate of drug-likeness (QED) is 0.0775. The fourth-order valence-electron chi connectivity index (χ4n) is 5.82. The number of hydrogen-bond acceptors (Lipinski definition) is 3. The number of aliphatic hydroxyl groups excluding tert-OH is 2. The van der Waals surface area contributed by atoms with Gasteiger partial charge in [-0.3, -0.25) is 4.79 Å². The maximum absolute atomic E-state index is 12.7. The molecular formula is C36H73NO3. The highest BCUT2D eigenvalue weighted by Gasteiger charge is 2.21. The Morgan fingerprint density at radius 1 is 0.475 bits per heavy atom. The van der Waals surface area contributed by atoms with Gasteiger partial charge in [0.05, 0.1) is 6.61 Å². The van der Waals surface area contributed by atoms with E-state index < -0.39 is 6.10 Å². The third-order valence-corrected chi connectivity index (χ3v) is 8.58. The van der Waals surface area contributed by atoms with Gasteiger partial charge in [-0.05, 0) is 12.8 Å². The van der Waals surface area contributed by atoms with Crippen molar-refractivity contribution in [2.24, 2.45) is 0 Å². The minimum absolute atomic E-state index is 0.0318. The van der Waals surface area contributed by atoms with Gasteiger partial charge in [0, 0.05) is 13.1 Å². The van der Waals surface area contributed by atoms with Gasteiger partial charge in [-0.1, -0.05) is 187 Å². The maximum atomic E-state index is 12.7. The molecule has 0 fully saturated rings. The summed E-state index contributed by atoms with van der Waals surface area (Å²) in [5.41, 5.74) is 0. The number of carbonyl (C=O) groups is 1. The Hall–Kier alpha value is -0.610. The summed E-state index contributed by atoms with van der Waals surface area (Å²) in [6.45, 7) is 5.52. The van der Waals surface area contributed by atoms with Gasteiger partial charge < -0.3 is 15.1 Å². The lowest BCUT2D eigenvalue weighted by molar-refractivity contribution is -0.141. The number of nitrogens with zero attached hydrogens (tertiary/aromatic N) is 1. The van der Waals surface area contributed by atoms with E-state index in [1.807, 2.05) is 0 Å². The van der Waals surface area contributed by atoms with Crippen LogP contribution in [0, 0.1) is 0 Å². The van der Waals surface area contributed by atoms with Crippen molar-refractivity contribution in [1.29, 1.82) is 0 Å². The molecule has 0 aromatic heterocycles. The number of hydrogen-bond donors (Lipinski definition) is 2. The molecule has 4 heteroatoms. The third-order valence-electron chi connectivity index (χ3n) is 8.58. The molecule has 0 spiro atoms. The first-order valence-electron chi connectivity index (χ1n) is 18.2. The minimum Gasteiger partial charge on any atom is -0.395 e. The molecule has 0 heterocycles. The van der Waals surface area contributed by atoms with E-state index in [9.17, 15) is 15.0 Å².